The van der Waals surface area contributed by atoms with E-state index in [2.05, 4.69) is 26.6 Å². The smallest absolute Gasteiger partial charge is 0.311 e. The van der Waals surface area contributed by atoms with Gasteiger partial charge in [0.05, 0.1) is 18.7 Å². The number of H-pyrrole nitrogens is 1. The summed E-state index contributed by atoms with van der Waals surface area (Å²) in [7, 11) is 0. The molecule has 6 heteroatoms. The first-order chi connectivity index (χ1) is 13.2. The summed E-state index contributed by atoms with van der Waals surface area (Å²) >= 11 is 5.60. The zero-order valence-electron chi connectivity index (χ0n) is 16.1. The van der Waals surface area contributed by atoms with E-state index < -0.39 is 0 Å². The normalized spacial score (nSPS) is 15.0. The van der Waals surface area contributed by atoms with Crippen molar-refractivity contribution in [1.29, 1.82) is 0 Å². The van der Waals surface area contributed by atoms with Crippen molar-refractivity contribution >= 4 is 18.2 Å². The predicted octanol–water partition coefficient (Wildman–Crippen LogP) is 3.73. The van der Waals surface area contributed by atoms with Crippen LogP contribution in [0.1, 0.15) is 43.1 Å². The van der Waals surface area contributed by atoms with Gasteiger partial charge in [0.2, 0.25) is 0 Å². The molecule has 0 radical (unpaired) electrons. The number of esters is 1. The lowest BCUT2D eigenvalue weighted by Crippen LogP contribution is -2.33. The fourth-order valence-corrected chi connectivity index (χ4v) is 4.04. The van der Waals surface area contributed by atoms with Crippen LogP contribution in [0.25, 0.3) is 0 Å². The zero-order valence-corrected chi connectivity index (χ0v) is 16.9. The molecule has 1 aliphatic heterocycles. The van der Waals surface area contributed by atoms with Crippen LogP contribution in [0.2, 0.25) is 0 Å². The molecule has 5 nitrogen and oxygen atoms in total. The summed E-state index contributed by atoms with van der Waals surface area (Å²) in [6, 6.07) is 10.3. The van der Waals surface area contributed by atoms with Gasteiger partial charge in [0.1, 0.15) is 0 Å². The number of likely N-dealkylation sites (tertiary alicyclic amines) is 1. The van der Waals surface area contributed by atoms with Gasteiger partial charge in [-0.15, -0.1) is 0 Å². The Morgan fingerprint density at radius 3 is 2.59 bits per heavy atom. The van der Waals surface area contributed by atoms with Gasteiger partial charge in [0, 0.05) is 25.2 Å². The molecule has 1 aliphatic rings. The lowest BCUT2D eigenvalue weighted by atomic mass is 10.1. The van der Waals surface area contributed by atoms with Crippen molar-refractivity contribution in [2.75, 3.05) is 26.2 Å². The highest BCUT2D eigenvalue weighted by Gasteiger charge is 2.18. The Labute approximate surface area is 166 Å². The number of ether oxygens (including phenoxy) is 1. The molecular formula is C21H29N3O2S. The van der Waals surface area contributed by atoms with E-state index >= 15 is 0 Å². The minimum absolute atomic E-state index is 0.201. The van der Waals surface area contributed by atoms with Gasteiger partial charge >= 0.3 is 5.97 Å². The van der Waals surface area contributed by atoms with Crippen LogP contribution in [0.5, 0.6) is 0 Å². The number of nitrogens with one attached hydrogen (secondary N) is 1. The van der Waals surface area contributed by atoms with Gasteiger partial charge in [-0.2, -0.15) is 0 Å². The Morgan fingerprint density at radius 1 is 1.15 bits per heavy atom. The van der Waals surface area contributed by atoms with Crippen LogP contribution in [-0.2, 0) is 28.9 Å². The maximum Gasteiger partial charge on any atom is 0.311 e. The number of aromatic amines is 1. The van der Waals surface area contributed by atoms with Crippen molar-refractivity contribution in [2.45, 2.75) is 45.6 Å². The Bertz CT molecular complexity index is 792. The number of nitrogens with zero attached hydrogens (tertiary/aromatic N) is 2. The van der Waals surface area contributed by atoms with Gasteiger partial charge in [-0.3, -0.25) is 4.79 Å². The third-order valence-corrected chi connectivity index (χ3v) is 5.43. The second kappa shape index (κ2) is 9.85. The van der Waals surface area contributed by atoms with Crippen molar-refractivity contribution in [2.24, 2.45) is 0 Å². The minimum atomic E-state index is -0.201. The van der Waals surface area contributed by atoms with Crippen LogP contribution in [-0.4, -0.2) is 46.7 Å². The highest BCUT2D eigenvalue weighted by molar-refractivity contribution is 7.71. The molecule has 1 aromatic carbocycles. The highest BCUT2D eigenvalue weighted by Crippen LogP contribution is 2.17. The summed E-state index contributed by atoms with van der Waals surface area (Å²) in [6.07, 6.45) is 4.86. The van der Waals surface area contributed by atoms with Crippen LogP contribution < -0.4 is 0 Å². The summed E-state index contributed by atoms with van der Waals surface area (Å²) < 4.78 is 7.99. The molecule has 2 heterocycles. The minimum Gasteiger partial charge on any atom is -0.466 e. The molecule has 146 valence electrons. The zero-order chi connectivity index (χ0) is 19.1. The van der Waals surface area contributed by atoms with Crippen molar-refractivity contribution in [3.8, 4) is 0 Å². The number of carbonyl (C=O) groups excluding carboxylic acids is 1. The quantitative estimate of drug-likeness (QED) is 0.554. The van der Waals surface area contributed by atoms with Gasteiger partial charge in [0.25, 0.3) is 0 Å². The molecule has 0 aliphatic carbocycles. The molecule has 0 spiro atoms. The lowest BCUT2D eigenvalue weighted by molar-refractivity contribution is -0.142. The van der Waals surface area contributed by atoms with Crippen molar-refractivity contribution in [3.63, 3.8) is 0 Å². The Morgan fingerprint density at radius 2 is 1.89 bits per heavy atom. The summed E-state index contributed by atoms with van der Waals surface area (Å²) in [4.78, 5) is 18.0. The fraction of sp³-hybridized carbons (Fsp3) is 0.524. The van der Waals surface area contributed by atoms with Crippen LogP contribution in [0.3, 0.4) is 0 Å². The van der Waals surface area contributed by atoms with E-state index in [1.807, 2.05) is 25.1 Å². The molecule has 2 aromatic rings. The fourth-order valence-electron chi connectivity index (χ4n) is 3.71. The van der Waals surface area contributed by atoms with Crippen LogP contribution in [0, 0.1) is 4.77 Å². The molecular weight excluding hydrogens is 358 g/mol. The molecule has 0 amide bonds. The SMILES string of the molecule is CCOC(=O)Cc1c(Cc2ccccc2)[nH]c(=S)n1CCN1CCCCC1. The monoisotopic (exact) mass is 387 g/mol. The van der Waals surface area contributed by atoms with E-state index in [1.165, 1.54) is 24.8 Å². The van der Waals surface area contributed by atoms with E-state index in [0.29, 0.717) is 11.4 Å². The van der Waals surface area contributed by atoms with Gasteiger partial charge in [-0.1, -0.05) is 36.8 Å². The van der Waals surface area contributed by atoms with E-state index in [-0.39, 0.29) is 12.4 Å². The summed E-state index contributed by atoms with van der Waals surface area (Å²) in [5, 5.41) is 0. The second-order valence-electron chi connectivity index (χ2n) is 7.05. The third-order valence-electron chi connectivity index (χ3n) is 5.11. The third kappa shape index (κ3) is 5.53. The molecule has 0 saturated carbocycles. The van der Waals surface area contributed by atoms with E-state index in [9.17, 15) is 4.79 Å². The van der Waals surface area contributed by atoms with Crippen LogP contribution >= 0.6 is 12.2 Å². The maximum absolute atomic E-state index is 12.2. The van der Waals surface area contributed by atoms with Gasteiger partial charge in [-0.05, 0) is 50.6 Å². The molecule has 1 saturated heterocycles. The molecule has 0 unspecified atom stereocenters. The maximum atomic E-state index is 12.2. The largest absolute Gasteiger partial charge is 0.466 e. The molecule has 1 fully saturated rings. The van der Waals surface area contributed by atoms with Gasteiger partial charge in [-0.25, -0.2) is 0 Å². The molecule has 1 aromatic heterocycles. The number of benzene rings is 1. The molecule has 3 rings (SSSR count). The predicted molar refractivity (Wildman–Crippen MR) is 109 cm³/mol. The first kappa shape index (κ1) is 19.8. The molecule has 0 atom stereocenters. The van der Waals surface area contributed by atoms with Crippen LogP contribution in [0.15, 0.2) is 30.3 Å². The number of hydrogen-bond acceptors (Lipinski definition) is 4. The Hall–Kier alpha value is -1.92. The van der Waals surface area contributed by atoms with E-state index in [0.717, 1.165) is 44.0 Å². The van der Waals surface area contributed by atoms with E-state index in [1.54, 1.807) is 0 Å². The number of imidazole rings is 1. The molecule has 27 heavy (non-hydrogen) atoms. The lowest BCUT2D eigenvalue weighted by Gasteiger charge is -2.26. The average Bonchev–Trinajstić information content (AvgIpc) is 2.96. The van der Waals surface area contributed by atoms with Gasteiger partial charge in [0.15, 0.2) is 4.77 Å². The second-order valence-corrected chi connectivity index (χ2v) is 7.44. The van der Waals surface area contributed by atoms with Gasteiger partial charge < -0.3 is 19.2 Å². The van der Waals surface area contributed by atoms with Crippen molar-refractivity contribution in [1.82, 2.24) is 14.5 Å². The highest BCUT2D eigenvalue weighted by atomic mass is 32.1. The van der Waals surface area contributed by atoms with Crippen LogP contribution in [0.4, 0.5) is 0 Å². The molecule has 1 N–H and O–H groups in total. The summed E-state index contributed by atoms with van der Waals surface area (Å²) in [5.41, 5.74) is 3.17. The number of rotatable bonds is 8. The summed E-state index contributed by atoms with van der Waals surface area (Å²) in [6.45, 7) is 6.31. The Balaban J connectivity index is 1.81. The number of hydrogen-bond donors (Lipinski definition) is 1. The van der Waals surface area contributed by atoms with E-state index in [4.69, 9.17) is 17.0 Å². The first-order valence-electron chi connectivity index (χ1n) is 9.90. The number of aromatic nitrogens is 2. The van der Waals surface area contributed by atoms with Crippen molar-refractivity contribution < 1.29 is 9.53 Å². The van der Waals surface area contributed by atoms with Crippen molar-refractivity contribution in [3.05, 3.63) is 52.1 Å². The first-order valence-corrected chi connectivity index (χ1v) is 10.3. The number of carbonyl (C=O) groups is 1. The topological polar surface area (TPSA) is 50.3 Å². The standard InChI is InChI=1S/C21H29N3O2S/c1-2-26-20(25)16-19-18(15-17-9-5-3-6-10-17)22-21(27)24(19)14-13-23-11-7-4-8-12-23/h3,5-6,9-10H,2,4,7-8,11-16H2,1H3,(H,22,27). The molecule has 0 bridgehead atoms. The summed E-state index contributed by atoms with van der Waals surface area (Å²) in [5.74, 6) is -0.201. The average molecular weight is 388 g/mol. The Kier molecular flexibility index (Phi) is 7.24. The number of piperidine rings is 1.